The molecule has 2 aliphatic heterocycles. The number of carbonyl (C=O) groups is 1. The normalized spacial score (nSPS) is 22.0. The van der Waals surface area contributed by atoms with Crippen molar-refractivity contribution in [3.05, 3.63) is 82.9 Å². The van der Waals surface area contributed by atoms with Crippen LogP contribution < -0.4 is 0 Å². The molecule has 1 amide bonds. The lowest BCUT2D eigenvalue weighted by Crippen LogP contribution is -2.61. The fourth-order valence-electron chi connectivity index (χ4n) is 5.37. The van der Waals surface area contributed by atoms with Gasteiger partial charge in [0.05, 0.1) is 0 Å². The Morgan fingerprint density at radius 3 is 2.58 bits per heavy atom. The highest BCUT2D eigenvalue weighted by molar-refractivity contribution is 5.95. The highest BCUT2D eigenvalue weighted by atomic mass is 19.2. The van der Waals surface area contributed by atoms with Gasteiger partial charge in [0.15, 0.2) is 17.5 Å². The van der Waals surface area contributed by atoms with Crippen LogP contribution in [-0.2, 0) is 6.54 Å². The van der Waals surface area contributed by atoms with Crippen molar-refractivity contribution < 1.29 is 13.6 Å². The van der Waals surface area contributed by atoms with Crippen LogP contribution in [0, 0.1) is 17.0 Å². The Labute approximate surface area is 190 Å². The van der Waals surface area contributed by atoms with E-state index < -0.39 is 11.6 Å². The maximum Gasteiger partial charge on any atom is 0.254 e. The molecule has 1 aliphatic carbocycles. The van der Waals surface area contributed by atoms with Crippen LogP contribution in [-0.4, -0.2) is 57.1 Å². The van der Waals surface area contributed by atoms with Crippen molar-refractivity contribution in [2.75, 3.05) is 26.2 Å². The van der Waals surface area contributed by atoms with Crippen molar-refractivity contribution in [3.8, 4) is 0 Å². The summed E-state index contributed by atoms with van der Waals surface area (Å²) in [5.74, 6) is 0.184. The largest absolute Gasteiger partial charge is 0.337 e. The fraction of sp³-hybridized carbons (Fsp3) is 0.400. The Morgan fingerprint density at radius 1 is 1.06 bits per heavy atom. The zero-order chi connectivity index (χ0) is 22.6. The lowest BCUT2D eigenvalue weighted by Gasteiger charge is -2.50. The number of nitrogens with one attached hydrogen (secondary N) is 1. The first-order valence-electron chi connectivity index (χ1n) is 11.4. The number of benzene rings is 2. The third-order valence-corrected chi connectivity index (χ3v) is 7.23. The highest BCUT2D eigenvalue weighted by Gasteiger charge is 2.57. The van der Waals surface area contributed by atoms with Gasteiger partial charge in [0, 0.05) is 55.5 Å². The molecule has 2 aromatic carbocycles. The molecule has 0 radical (unpaired) electrons. The van der Waals surface area contributed by atoms with Crippen LogP contribution in [0.1, 0.15) is 52.2 Å². The number of aromatic amines is 1. The smallest absolute Gasteiger partial charge is 0.254 e. The van der Waals surface area contributed by atoms with E-state index in [4.69, 9.17) is 4.98 Å². The van der Waals surface area contributed by atoms with Gasteiger partial charge in [0.25, 0.3) is 5.91 Å². The molecule has 1 spiro atoms. The summed E-state index contributed by atoms with van der Waals surface area (Å²) in [7, 11) is 0. The molecule has 1 unspecified atom stereocenters. The van der Waals surface area contributed by atoms with Gasteiger partial charge in [-0.15, -0.1) is 0 Å². The van der Waals surface area contributed by atoms with Gasteiger partial charge in [-0.1, -0.05) is 30.3 Å². The van der Waals surface area contributed by atoms with Crippen LogP contribution in [0.25, 0.3) is 0 Å². The molecule has 3 aliphatic rings. The average molecular weight is 450 g/mol. The predicted molar refractivity (Wildman–Crippen MR) is 118 cm³/mol. The monoisotopic (exact) mass is 449 g/mol. The second kappa shape index (κ2) is 7.73. The Morgan fingerprint density at radius 2 is 1.85 bits per heavy atom. The third kappa shape index (κ3) is 3.72. The first-order chi connectivity index (χ1) is 16.0. The quantitative estimate of drug-likeness (QED) is 0.645. The number of H-pyrrole nitrogens is 1. The summed E-state index contributed by atoms with van der Waals surface area (Å²) in [6, 6.07) is 13.7. The highest BCUT2D eigenvalue weighted by Crippen LogP contribution is 2.49. The van der Waals surface area contributed by atoms with Crippen molar-refractivity contribution >= 4 is 5.91 Å². The zero-order valence-corrected chi connectivity index (χ0v) is 18.2. The van der Waals surface area contributed by atoms with Gasteiger partial charge in [0.2, 0.25) is 0 Å². The lowest BCUT2D eigenvalue weighted by atomic mass is 9.71. The average Bonchev–Trinajstić information content (AvgIpc) is 3.40. The van der Waals surface area contributed by atoms with Gasteiger partial charge in [-0.05, 0) is 36.6 Å². The third-order valence-electron chi connectivity index (χ3n) is 7.23. The van der Waals surface area contributed by atoms with E-state index in [1.807, 2.05) is 18.2 Å². The summed E-state index contributed by atoms with van der Waals surface area (Å²) < 4.78 is 27.0. The molecule has 8 heteroatoms. The number of hydrogen-bond acceptors (Lipinski definition) is 4. The Kier molecular flexibility index (Phi) is 4.79. The standard InChI is InChI=1S/C25H25F2N5O/c26-20-9-8-18(10-21(20)27)24(33)32-14-25(15-32)13-31(11-16-4-2-1-3-5-16)12-19(25)23-28-22(29-30-23)17-6-7-17/h1-5,8-10,17,19H,6-7,11-15H2,(H,28,29,30). The first-order valence-corrected chi connectivity index (χ1v) is 11.4. The van der Waals surface area contributed by atoms with E-state index in [9.17, 15) is 13.6 Å². The molecule has 3 heterocycles. The summed E-state index contributed by atoms with van der Waals surface area (Å²) in [4.78, 5) is 21.9. The number of likely N-dealkylation sites (tertiary alicyclic amines) is 2. The Hall–Kier alpha value is -3.13. The van der Waals surface area contributed by atoms with Crippen molar-refractivity contribution in [2.24, 2.45) is 5.41 Å². The minimum absolute atomic E-state index is 0.134. The molecule has 170 valence electrons. The van der Waals surface area contributed by atoms with E-state index in [2.05, 4.69) is 27.2 Å². The van der Waals surface area contributed by atoms with E-state index in [-0.39, 0.29) is 22.8 Å². The van der Waals surface area contributed by atoms with E-state index in [1.54, 1.807) is 4.90 Å². The van der Waals surface area contributed by atoms with Crippen LogP contribution in [0.2, 0.25) is 0 Å². The summed E-state index contributed by atoms with van der Waals surface area (Å²) in [6.07, 6.45) is 2.29. The second-order valence-electron chi connectivity index (χ2n) is 9.71. The molecule has 1 aromatic heterocycles. The molecule has 1 saturated carbocycles. The Balaban J connectivity index is 1.23. The minimum Gasteiger partial charge on any atom is -0.337 e. The zero-order valence-electron chi connectivity index (χ0n) is 18.2. The van der Waals surface area contributed by atoms with Gasteiger partial charge in [-0.2, -0.15) is 5.10 Å². The van der Waals surface area contributed by atoms with E-state index >= 15 is 0 Å². The molecule has 1 atom stereocenters. The lowest BCUT2D eigenvalue weighted by molar-refractivity contribution is 0.00176. The topological polar surface area (TPSA) is 65.1 Å². The molecule has 6 rings (SSSR count). The van der Waals surface area contributed by atoms with Crippen molar-refractivity contribution in [2.45, 2.75) is 31.2 Å². The van der Waals surface area contributed by atoms with Crippen molar-refractivity contribution in [1.82, 2.24) is 25.0 Å². The molecule has 1 N–H and O–H groups in total. The number of nitrogens with zero attached hydrogens (tertiary/aromatic N) is 4. The van der Waals surface area contributed by atoms with Gasteiger partial charge < -0.3 is 4.90 Å². The molecule has 3 fully saturated rings. The summed E-state index contributed by atoms with van der Waals surface area (Å²) in [6.45, 7) is 3.62. The van der Waals surface area contributed by atoms with Crippen LogP contribution in [0.15, 0.2) is 48.5 Å². The number of carbonyl (C=O) groups excluding carboxylic acids is 1. The van der Waals surface area contributed by atoms with E-state index in [0.29, 0.717) is 19.0 Å². The molecule has 0 bridgehead atoms. The first kappa shape index (κ1) is 20.5. The molecule has 6 nitrogen and oxygen atoms in total. The minimum atomic E-state index is -1.00. The van der Waals surface area contributed by atoms with Crippen LogP contribution in [0.5, 0.6) is 0 Å². The number of hydrogen-bond donors (Lipinski definition) is 1. The number of amides is 1. The SMILES string of the molecule is O=C(c1ccc(F)c(F)c1)N1CC2(CN(Cc3ccccc3)CC2c2nc(C3CC3)n[nH]2)C1. The number of aromatic nitrogens is 3. The Bertz CT molecular complexity index is 1190. The summed E-state index contributed by atoms with van der Waals surface area (Å²) >= 11 is 0. The van der Waals surface area contributed by atoms with Crippen molar-refractivity contribution in [1.29, 1.82) is 0 Å². The maximum atomic E-state index is 13.7. The molecule has 3 aromatic rings. The second-order valence-corrected chi connectivity index (χ2v) is 9.71. The molecular formula is C25H25F2N5O. The van der Waals surface area contributed by atoms with Crippen LogP contribution >= 0.6 is 0 Å². The van der Waals surface area contributed by atoms with Gasteiger partial charge >= 0.3 is 0 Å². The maximum absolute atomic E-state index is 13.7. The number of halogens is 2. The van der Waals surface area contributed by atoms with Crippen molar-refractivity contribution in [3.63, 3.8) is 0 Å². The number of rotatable bonds is 5. The van der Waals surface area contributed by atoms with Crippen LogP contribution in [0.3, 0.4) is 0 Å². The molecule has 2 saturated heterocycles. The van der Waals surface area contributed by atoms with Gasteiger partial charge in [-0.25, -0.2) is 13.8 Å². The predicted octanol–water partition coefficient (Wildman–Crippen LogP) is 3.70. The summed E-state index contributed by atoms with van der Waals surface area (Å²) in [5.41, 5.74) is 1.29. The van der Waals surface area contributed by atoms with Gasteiger partial charge in [0.1, 0.15) is 5.82 Å². The fourth-order valence-corrected chi connectivity index (χ4v) is 5.37. The molecule has 33 heavy (non-hydrogen) atoms. The van der Waals surface area contributed by atoms with E-state index in [0.717, 1.165) is 56.3 Å². The molecular weight excluding hydrogens is 424 g/mol. The van der Waals surface area contributed by atoms with E-state index in [1.165, 1.54) is 11.6 Å². The summed E-state index contributed by atoms with van der Waals surface area (Å²) in [5, 5.41) is 7.65. The van der Waals surface area contributed by atoms with Gasteiger partial charge in [-0.3, -0.25) is 14.8 Å². The van der Waals surface area contributed by atoms with Crippen LogP contribution in [0.4, 0.5) is 8.78 Å².